The molecule has 2 heteroatoms. The zero-order valence-electron chi connectivity index (χ0n) is 28.3. The predicted molar refractivity (Wildman–Crippen MR) is 220 cm³/mol. The summed E-state index contributed by atoms with van der Waals surface area (Å²) in [6.07, 6.45) is 0. The zero-order chi connectivity index (χ0) is 34.2. The highest BCUT2D eigenvalue weighted by Gasteiger charge is 2.39. The zero-order valence-corrected chi connectivity index (χ0v) is 29.1. The van der Waals surface area contributed by atoms with E-state index in [0.29, 0.717) is 0 Å². The van der Waals surface area contributed by atoms with E-state index < -0.39 is 0 Å². The standard InChI is InChI=1S/C50H32OS/c1-3-16-32(17-4-1)44-37-22-9-11-24-39(37)46(40-25-12-10-23-38(40)44)47-48-41(36-21-13-14-26-43(36)51-48)30-42-45(33-18-5-2-6-19-33)49(52-50(42)47)35-28-27-31-15-7-8-20-34(31)29-35/h1-30,45,49H. The van der Waals surface area contributed by atoms with Crippen molar-refractivity contribution in [2.24, 2.45) is 0 Å². The highest BCUT2D eigenvalue weighted by Crippen LogP contribution is 2.62. The Morgan fingerprint density at radius 3 is 1.69 bits per heavy atom. The molecule has 11 rings (SSSR count). The number of furan rings is 1. The van der Waals surface area contributed by atoms with Crippen molar-refractivity contribution in [2.45, 2.75) is 16.1 Å². The van der Waals surface area contributed by atoms with E-state index in [2.05, 4.69) is 182 Å². The number of fused-ring (bicyclic) bond motifs is 7. The summed E-state index contributed by atoms with van der Waals surface area (Å²) < 4.78 is 7.00. The summed E-state index contributed by atoms with van der Waals surface area (Å²) in [6.45, 7) is 0. The van der Waals surface area contributed by atoms with Crippen molar-refractivity contribution in [1.82, 2.24) is 0 Å². The normalized spacial score (nSPS) is 15.6. The van der Waals surface area contributed by atoms with E-state index >= 15 is 0 Å². The van der Waals surface area contributed by atoms with E-state index in [9.17, 15) is 0 Å². The van der Waals surface area contributed by atoms with E-state index in [-0.39, 0.29) is 11.2 Å². The average molecular weight is 681 g/mol. The van der Waals surface area contributed by atoms with Gasteiger partial charge in [-0.2, -0.15) is 0 Å². The fraction of sp³-hybridized carbons (Fsp3) is 0.0400. The highest BCUT2D eigenvalue weighted by atomic mass is 32.2. The minimum absolute atomic E-state index is 0.153. The number of benzene rings is 9. The van der Waals surface area contributed by atoms with E-state index in [4.69, 9.17) is 4.42 Å². The largest absolute Gasteiger partial charge is 0.455 e. The minimum Gasteiger partial charge on any atom is -0.455 e. The molecular weight excluding hydrogens is 649 g/mol. The molecule has 0 saturated heterocycles. The second-order valence-electron chi connectivity index (χ2n) is 13.9. The van der Waals surface area contributed by atoms with Gasteiger partial charge in [0.15, 0.2) is 0 Å². The number of hydrogen-bond acceptors (Lipinski definition) is 2. The summed E-state index contributed by atoms with van der Waals surface area (Å²) in [5, 5.41) is 10.0. The highest BCUT2D eigenvalue weighted by molar-refractivity contribution is 8.00. The Hall–Kier alpha value is -6.09. The van der Waals surface area contributed by atoms with Crippen LogP contribution in [-0.4, -0.2) is 0 Å². The quantitative estimate of drug-likeness (QED) is 0.172. The number of para-hydroxylation sites is 1. The van der Waals surface area contributed by atoms with Crippen LogP contribution in [-0.2, 0) is 0 Å². The van der Waals surface area contributed by atoms with Gasteiger partial charge in [-0.3, -0.25) is 0 Å². The molecule has 1 nitrogen and oxygen atoms in total. The van der Waals surface area contributed by atoms with Crippen molar-refractivity contribution in [2.75, 3.05) is 0 Å². The average Bonchev–Trinajstić information content (AvgIpc) is 3.78. The second kappa shape index (κ2) is 11.7. The molecule has 0 spiro atoms. The summed E-state index contributed by atoms with van der Waals surface area (Å²) in [7, 11) is 0. The fourth-order valence-electron chi connectivity index (χ4n) is 8.78. The first-order valence-electron chi connectivity index (χ1n) is 18.0. The van der Waals surface area contributed by atoms with Gasteiger partial charge in [-0.05, 0) is 78.3 Å². The van der Waals surface area contributed by atoms with Gasteiger partial charge >= 0.3 is 0 Å². The van der Waals surface area contributed by atoms with Gasteiger partial charge in [-0.15, -0.1) is 11.8 Å². The molecule has 0 bridgehead atoms. The van der Waals surface area contributed by atoms with Crippen LogP contribution in [0.2, 0.25) is 0 Å². The van der Waals surface area contributed by atoms with Crippen LogP contribution < -0.4 is 0 Å². The summed E-state index contributed by atoms with van der Waals surface area (Å²) >= 11 is 2.00. The molecule has 0 saturated carbocycles. The van der Waals surface area contributed by atoms with E-state index in [1.807, 2.05) is 11.8 Å². The van der Waals surface area contributed by atoms with Crippen LogP contribution in [0.5, 0.6) is 0 Å². The van der Waals surface area contributed by atoms with Crippen LogP contribution in [0.1, 0.15) is 27.9 Å². The maximum atomic E-state index is 7.00. The number of hydrogen-bond donors (Lipinski definition) is 0. The van der Waals surface area contributed by atoms with Gasteiger partial charge in [0.1, 0.15) is 11.2 Å². The first kappa shape index (κ1) is 29.6. The molecule has 0 amide bonds. The van der Waals surface area contributed by atoms with E-state index in [0.717, 1.165) is 16.6 Å². The molecule has 9 aromatic carbocycles. The lowest BCUT2D eigenvalue weighted by atomic mass is 9.81. The van der Waals surface area contributed by atoms with Gasteiger partial charge in [-0.1, -0.05) is 164 Å². The molecular formula is C50H32OS. The van der Waals surface area contributed by atoms with Gasteiger partial charge in [0, 0.05) is 38.0 Å². The summed E-state index contributed by atoms with van der Waals surface area (Å²) in [4.78, 5) is 1.31. The third-order valence-corrected chi connectivity index (χ3v) is 12.5. The van der Waals surface area contributed by atoms with Gasteiger partial charge in [-0.25, -0.2) is 0 Å². The Morgan fingerprint density at radius 2 is 0.981 bits per heavy atom. The van der Waals surface area contributed by atoms with Gasteiger partial charge < -0.3 is 4.42 Å². The van der Waals surface area contributed by atoms with E-state index in [1.165, 1.54) is 81.5 Å². The number of rotatable bonds is 4. The Morgan fingerprint density at radius 1 is 0.404 bits per heavy atom. The van der Waals surface area contributed by atoms with Gasteiger partial charge in [0.05, 0.1) is 0 Å². The summed E-state index contributed by atoms with van der Waals surface area (Å²) in [5.41, 5.74) is 10.9. The van der Waals surface area contributed by atoms with Crippen molar-refractivity contribution in [3.8, 4) is 22.3 Å². The molecule has 0 N–H and O–H groups in total. The molecule has 2 unspecified atom stereocenters. The molecule has 1 aliphatic heterocycles. The first-order valence-corrected chi connectivity index (χ1v) is 18.9. The predicted octanol–water partition coefficient (Wildman–Crippen LogP) is 14.4. The summed E-state index contributed by atoms with van der Waals surface area (Å²) in [5.74, 6) is 0.153. The molecule has 52 heavy (non-hydrogen) atoms. The number of thioether (sulfide) groups is 1. The second-order valence-corrected chi connectivity index (χ2v) is 15.0. The SMILES string of the molecule is c1ccc(-c2c3ccccc3c(-c3c4c(cc5c3oc3ccccc35)C(c3ccccc3)C(c3ccc5ccccc5c3)S4)c3ccccc23)cc1. The first-order chi connectivity index (χ1) is 25.8. The third kappa shape index (κ3) is 4.44. The molecule has 0 aliphatic carbocycles. The van der Waals surface area contributed by atoms with Crippen LogP contribution >= 0.6 is 11.8 Å². The van der Waals surface area contributed by atoms with Crippen LogP contribution in [0.25, 0.3) is 76.5 Å². The Balaban J connectivity index is 1.29. The molecule has 1 aliphatic rings. The van der Waals surface area contributed by atoms with Crippen molar-refractivity contribution in [3.63, 3.8) is 0 Å². The van der Waals surface area contributed by atoms with Crippen molar-refractivity contribution >= 4 is 66.0 Å². The molecule has 2 heterocycles. The molecule has 0 radical (unpaired) electrons. The maximum absolute atomic E-state index is 7.00. The van der Waals surface area contributed by atoms with Crippen LogP contribution in [0, 0.1) is 0 Å². The maximum Gasteiger partial charge on any atom is 0.144 e. The van der Waals surface area contributed by atoms with Crippen molar-refractivity contribution < 1.29 is 4.42 Å². The Labute approximate surface area is 306 Å². The fourth-order valence-corrected chi connectivity index (χ4v) is 10.4. The lowest BCUT2D eigenvalue weighted by Crippen LogP contribution is -2.05. The lowest BCUT2D eigenvalue weighted by molar-refractivity contribution is 0.668. The molecule has 0 fully saturated rings. The molecule has 244 valence electrons. The van der Waals surface area contributed by atoms with Crippen molar-refractivity contribution in [3.05, 3.63) is 199 Å². The molecule has 2 atom stereocenters. The third-order valence-electron chi connectivity index (χ3n) is 11.0. The summed E-state index contributed by atoms with van der Waals surface area (Å²) in [6, 6.07) is 66.7. The van der Waals surface area contributed by atoms with Crippen molar-refractivity contribution in [1.29, 1.82) is 0 Å². The minimum atomic E-state index is 0.153. The lowest BCUT2D eigenvalue weighted by Gasteiger charge is -2.21. The van der Waals surface area contributed by atoms with E-state index in [1.54, 1.807) is 0 Å². The van der Waals surface area contributed by atoms with Crippen LogP contribution in [0.4, 0.5) is 0 Å². The van der Waals surface area contributed by atoms with Gasteiger partial charge in [0.2, 0.25) is 0 Å². The van der Waals surface area contributed by atoms with Crippen LogP contribution in [0.3, 0.4) is 0 Å². The smallest absolute Gasteiger partial charge is 0.144 e. The Kier molecular flexibility index (Phi) is 6.68. The monoisotopic (exact) mass is 680 g/mol. The Bertz CT molecular complexity index is 2940. The topological polar surface area (TPSA) is 13.1 Å². The van der Waals surface area contributed by atoms with Crippen LogP contribution in [0.15, 0.2) is 191 Å². The molecule has 1 aromatic heterocycles. The van der Waals surface area contributed by atoms with Gasteiger partial charge in [0.25, 0.3) is 0 Å². The molecule has 10 aromatic rings.